The van der Waals surface area contributed by atoms with Crippen molar-refractivity contribution >= 4 is 28.6 Å². The van der Waals surface area contributed by atoms with E-state index in [1.807, 2.05) is 29.1 Å². The van der Waals surface area contributed by atoms with Gasteiger partial charge in [0, 0.05) is 6.54 Å². The van der Waals surface area contributed by atoms with Crippen molar-refractivity contribution in [1.82, 2.24) is 19.5 Å². The lowest BCUT2D eigenvalue weighted by Gasteiger charge is -2.15. The van der Waals surface area contributed by atoms with E-state index in [4.69, 9.17) is 11.6 Å². The molecule has 1 atom stereocenters. The summed E-state index contributed by atoms with van der Waals surface area (Å²) in [6.07, 6.45) is 4.01. The van der Waals surface area contributed by atoms with Crippen LogP contribution in [-0.4, -0.2) is 19.5 Å². The van der Waals surface area contributed by atoms with Gasteiger partial charge < -0.3 is 9.88 Å². The molecule has 2 aromatic heterocycles. The average molecular weight is 330 g/mol. The highest BCUT2D eigenvalue weighted by Crippen LogP contribution is 2.25. The van der Waals surface area contributed by atoms with Gasteiger partial charge in [-0.3, -0.25) is 0 Å². The van der Waals surface area contributed by atoms with Crippen molar-refractivity contribution in [3.05, 3.63) is 47.5 Å². The molecule has 2 heterocycles. The number of nitrogens with one attached hydrogen (secondary N) is 1. The number of aromatic nitrogens is 4. The summed E-state index contributed by atoms with van der Waals surface area (Å²) in [4.78, 5) is 13.1. The van der Waals surface area contributed by atoms with Crippen molar-refractivity contribution in [3.8, 4) is 0 Å². The molecule has 1 N–H and O–H groups in total. The van der Waals surface area contributed by atoms with E-state index in [0.717, 1.165) is 30.6 Å². The van der Waals surface area contributed by atoms with Crippen molar-refractivity contribution in [1.29, 1.82) is 0 Å². The molecule has 5 nitrogen and oxygen atoms in total. The van der Waals surface area contributed by atoms with Gasteiger partial charge in [-0.1, -0.05) is 43.7 Å². The minimum atomic E-state index is 0.103. The number of rotatable bonds is 6. The van der Waals surface area contributed by atoms with Crippen LogP contribution in [0.2, 0.25) is 5.28 Å². The molecule has 0 amide bonds. The molecule has 3 aromatic rings. The summed E-state index contributed by atoms with van der Waals surface area (Å²) in [5.74, 6) is 0.673. The van der Waals surface area contributed by atoms with Gasteiger partial charge in [0.05, 0.1) is 12.4 Å². The molecule has 23 heavy (non-hydrogen) atoms. The Morgan fingerprint density at radius 2 is 2.00 bits per heavy atom. The third-order valence-corrected chi connectivity index (χ3v) is 4.01. The Bertz CT molecular complexity index is 784. The number of unbranched alkanes of at least 4 members (excludes halogenated alkanes) is 1. The van der Waals surface area contributed by atoms with E-state index in [0.29, 0.717) is 5.82 Å². The first-order valence-electron chi connectivity index (χ1n) is 7.89. The molecule has 0 bridgehead atoms. The maximum Gasteiger partial charge on any atom is 0.226 e. The van der Waals surface area contributed by atoms with E-state index >= 15 is 0 Å². The van der Waals surface area contributed by atoms with Crippen LogP contribution in [-0.2, 0) is 6.54 Å². The smallest absolute Gasteiger partial charge is 0.226 e. The van der Waals surface area contributed by atoms with E-state index in [1.54, 1.807) is 0 Å². The predicted octanol–water partition coefficient (Wildman–Crippen LogP) is 4.45. The van der Waals surface area contributed by atoms with Gasteiger partial charge in [0.1, 0.15) is 0 Å². The normalized spacial score (nSPS) is 12.5. The van der Waals surface area contributed by atoms with Gasteiger partial charge in [-0.2, -0.15) is 9.97 Å². The summed E-state index contributed by atoms with van der Waals surface area (Å²) in [6.45, 7) is 5.13. The fourth-order valence-electron chi connectivity index (χ4n) is 2.54. The molecular formula is C17H20ClN5. The van der Waals surface area contributed by atoms with Gasteiger partial charge >= 0.3 is 0 Å². The number of hydrogen-bond donors (Lipinski definition) is 1. The molecule has 0 spiro atoms. The molecule has 120 valence electrons. The van der Waals surface area contributed by atoms with Crippen molar-refractivity contribution in [2.24, 2.45) is 0 Å². The monoisotopic (exact) mass is 329 g/mol. The lowest BCUT2D eigenvalue weighted by molar-refractivity contribution is 0.641. The van der Waals surface area contributed by atoms with Crippen molar-refractivity contribution in [2.45, 2.75) is 39.3 Å². The lowest BCUT2D eigenvalue weighted by Crippen LogP contribution is -2.09. The number of imidazole rings is 1. The largest absolute Gasteiger partial charge is 0.362 e. The van der Waals surface area contributed by atoms with Crippen LogP contribution in [0.4, 0.5) is 5.82 Å². The Morgan fingerprint density at radius 3 is 2.74 bits per heavy atom. The fraction of sp³-hybridized carbons (Fsp3) is 0.353. The van der Waals surface area contributed by atoms with Gasteiger partial charge in [-0.15, -0.1) is 0 Å². The van der Waals surface area contributed by atoms with Crippen LogP contribution in [0.3, 0.4) is 0 Å². The number of benzene rings is 1. The molecule has 0 fully saturated rings. The molecule has 0 saturated heterocycles. The van der Waals surface area contributed by atoms with Crippen LogP contribution >= 0.6 is 11.6 Å². The Labute approximate surface area is 140 Å². The second kappa shape index (κ2) is 6.96. The first kappa shape index (κ1) is 15.7. The zero-order valence-electron chi connectivity index (χ0n) is 13.3. The highest BCUT2D eigenvalue weighted by molar-refractivity contribution is 6.28. The van der Waals surface area contributed by atoms with Crippen LogP contribution in [0.5, 0.6) is 0 Å². The zero-order chi connectivity index (χ0) is 16.2. The minimum Gasteiger partial charge on any atom is -0.362 e. The van der Waals surface area contributed by atoms with E-state index in [9.17, 15) is 0 Å². The number of fused-ring (bicyclic) bond motifs is 1. The Kier molecular flexibility index (Phi) is 4.76. The van der Waals surface area contributed by atoms with Gasteiger partial charge in [0.15, 0.2) is 17.0 Å². The highest BCUT2D eigenvalue weighted by atomic mass is 35.5. The minimum absolute atomic E-state index is 0.103. The van der Waals surface area contributed by atoms with E-state index in [2.05, 4.69) is 46.2 Å². The topological polar surface area (TPSA) is 55.6 Å². The van der Waals surface area contributed by atoms with Crippen LogP contribution in [0, 0.1) is 0 Å². The Balaban J connectivity index is 1.93. The van der Waals surface area contributed by atoms with Crippen LogP contribution < -0.4 is 5.32 Å². The maximum atomic E-state index is 6.11. The third-order valence-electron chi connectivity index (χ3n) is 3.84. The third kappa shape index (κ3) is 3.45. The van der Waals surface area contributed by atoms with E-state index in [-0.39, 0.29) is 11.3 Å². The molecule has 0 radical (unpaired) electrons. The molecule has 6 heteroatoms. The molecule has 1 aromatic carbocycles. The summed E-state index contributed by atoms with van der Waals surface area (Å²) in [5, 5.41) is 3.63. The second-order valence-electron chi connectivity index (χ2n) is 5.58. The number of halogens is 1. The van der Waals surface area contributed by atoms with Crippen LogP contribution in [0.1, 0.15) is 38.3 Å². The predicted molar refractivity (Wildman–Crippen MR) is 93.7 cm³/mol. The summed E-state index contributed by atoms with van der Waals surface area (Å²) in [7, 11) is 0. The van der Waals surface area contributed by atoms with Crippen molar-refractivity contribution in [3.63, 3.8) is 0 Å². The summed E-state index contributed by atoms with van der Waals surface area (Å²) in [5.41, 5.74) is 2.72. The molecule has 3 rings (SSSR count). The molecule has 0 unspecified atom stereocenters. The standard InChI is InChI=1S/C17H20ClN5/c1-3-4-10-23-11-19-14-15(21-17(18)22-16(14)23)20-12(2)13-8-6-5-7-9-13/h5-9,11-12H,3-4,10H2,1-2H3,(H,20,21,22)/t12-/m1/s1. The van der Waals surface area contributed by atoms with Gasteiger partial charge in [0.2, 0.25) is 5.28 Å². The first-order chi connectivity index (χ1) is 11.2. The summed E-state index contributed by atoms with van der Waals surface area (Å²) < 4.78 is 2.03. The number of hydrogen-bond acceptors (Lipinski definition) is 4. The lowest BCUT2D eigenvalue weighted by atomic mass is 10.1. The SMILES string of the molecule is CCCCn1cnc2c(N[C@H](C)c3ccccc3)nc(Cl)nc21. The van der Waals surface area contributed by atoms with Crippen LogP contribution in [0.25, 0.3) is 11.2 Å². The van der Waals surface area contributed by atoms with Gasteiger partial charge in [0.25, 0.3) is 0 Å². The van der Waals surface area contributed by atoms with E-state index < -0.39 is 0 Å². The molecule has 0 aliphatic carbocycles. The summed E-state index contributed by atoms with van der Waals surface area (Å²) >= 11 is 6.11. The van der Waals surface area contributed by atoms with Crippen molar-refractivity contribution < 1.29 is 0 Å². The molecular weight excluding hydrogens is 310 g/mol. The van der Waals surface area contributed by atoms with Gasteiger partial charge in [-0.25, -0.2) is 4.98 Å². The van der Waals surface area contributed by atoms with E-state index in [1.165, 1.54) is 5.56 Å². The fourth-order valence-corrected chi connectivity index (χ4v) is 2.71. The van der Waals surface area contributed by atoms with Crippen molar-refractivity contribution in [2.75, 3.05) is 5.32 Å². The number of anilines is 1. The second-order valence-corrected chi connectivity index (χ2v) is 5.92. The maximum absolute atomic E-state index is 6.11. The Hall–Kier alpha value is -2.14. The highest BCUT2D eigenvalue weighted by Gasteiger charge is 2.15. The summed E-state index contributed by atoms with van der Waals surface area (Å²) in [6, 6.07) is 10.3. The molecule has 0 aliphatic heterocycles. The average Bonchev–Trinajstić information content (AvgIpc) is 2.96. The van der Waals surface area contributed by atoms with Crippen LogP contribution in [0.15, 0.2) is 36.7 Å². The number of aryl methyl sites for hydroxylation is 1. The number of nitrogens with zero attached hydrogens (tertiary/aromatic N) is 4. The van der Waals surface area contributed by atoms with Gasteiger partial charge in [-0.05, 0) is 30.5 Å². The first-order valence-corrected chi connectivity index (χ1v) is 8.26. The molecule has 0 aliphatic rings. The quantitative estimate of drug-likeness (QED) is 0.679. The molecule has 0 saturated carbocycles. The zero-order valence-corrected chi connectivity index (χ0v) is 14.1. The Morgan fingerprint density at radius 1 is 1.22 bits per heavy atom.